The first-order chi connectivity index (χ1) is 8.58. The number of thiazole rings is 1. The van der Waals surface area contributed by atoms with E-state index >= 15 is 0 Å². The van der Waals surface area contributed by atoms with Crippen molar-refractivity contribution in [2.75, 3.05) is 0 Å². The van der Waals surface area contributed by atoms with E-state index in [1.807, 2.05) is 6.92 Å². The zero-order valence-electron chi connectivity index (χ0n) is 9.54. The minimum atomic E-state index is -1.16. The highest BCUT2D eigenvalue weighted by molar-refractivity contribution is 7.09. The van der Waals surface area contributed by atoms with Crippen LogP contribution in [-0.2, 0) is 21.0 Å². The third-order valence-electron chi connectivity index (χ3n) is 2.48. The summed E-state index contributed by atoms with van der Waals surface area (Å²) in [5.41, 5.74) is 2.44. The molecule has 8 heteroatoms. The molecule has 0 saturated carbocycles. The number of carboxylic acids is 1. The smallest absolute Gasteiger partial charge is 0.353 e. The van der Waals surface area contributed by atoms with Gasteiger partial charge in [-0.2, -0.15) is 0 Å². The van der Waals surface area contributed by atoms with Gasteiger partial charge in [0.15, 0.2) is 5.71 Å². The zero-order valence-corrected chi connectivity index (χ0v) is 10.4. The lowest BCUT2D eigenvalue weighted by Crippen LogP contribution is -2.34. The molecule has 1 aliphatic heterocycles. The molecule has 1 aromatic heterocycles. The summed E-state index contributed by atoms with van der Waals surface area (Å²) < 4.78 is 0. The largest absolute Gasteiger partial charge is 0.477 e. The molecule has 0 aliphatic carbocycles. The number of aromatic nitrogens is 1. The molecule has 1 aromatic rings. The van der Waals surface area contributed by atoms with Crippen LogP contribution in [0.1, 0.15) is 17.0 Å². The summed E-state index contributed by atoms with van der Waals surface area (Å²) in [6.45, 7) is 2.22. The first kappa shape index (κ1) is 12.5. The van der Waals surface area contributed by atoms with Crippen LogP contribution in [0.15, 0.2) is 10.7 Å². The van der Waals surface area contributed by atoms with Gasteiger partial charge < -0.3 is 15.3 Å². The zero-order chi connectivity index (χ0) is 13.1. The predicted octanol–water partition coefficient (Wildman–Crippen LogP) is 0.297. The average molecular weight is 269 g/mol. The SMILES string of the molecule is Cc1ncsc1CNC(=O)C1CC(C(=O)O)=NO1. The number of carbonyl (C=O) groups is 2. The molecule has 0 bridgehead atoms. The van der Waals surface area contributed by atoms with Crippen molar-refractivity contribution in [2.45, 2.75) is 26.0 Å². The van der Waals surface area contributed by atoms with Crippen molar-refractivity contribution >= 4 is 28.9 Å². The van der Waals surface area contributed by atoms with Crippen molar-refractivity contribution in [3.8, 4) is 0 Å². The second-order valence-corrected chi connectivity index (χ2v) is 4.66. The Kier molecular flexibility index (Phi) is 3.56. The van der Waals surface area contributed by atoms with Gasteiger partial charge in [-0.1, -0.05) is 5.16 Å². The fourth-order valence-electron chi connectivity index (χ4n) is 1.42. The maximum absolute atomic E-state index is 11.7. The van der Waals surface area contributed by atoms with E-state index in [1.165, 1.54) is 11.3 Å². The van der Waals surface area contributed by atoms with Crippen LogP contribution in [0.3, 0.4) is 0 Å². The van der Waals surface area contributed by atoms with Gasteiger partial charge in [0.25, 0.3) is 5.91 Å². The minimum Gasteiger partial charge on any atom is -0.477 e. The molecule has 1 unspecified atom stereocenters. The topological polar surface area (TPSA) is 101 Å². The molecular formula is C10H11N3O4S. The van der Waals surface area contributed by atoms with Gasteiger partial charge in [0.2, 0.25) is 6.10 Å². The number of aliphatic carboxylic acids is 1. The summed E-state index contributed by atoms with van der Waals surface area (Å²) >= 11 is 1.45. The Balaban J connectivity index is 1.84. The van der Waals surface area contributed by atoms with Crippen molar-refractivity contribution in [2.24, 2.45) is 5.16 Å². The Bertz CT molecular complexity index is 511. The van der Waals surface area contributed by atoms with Crippen molar-refractivity contribution in [3.63, 3.8) is 0 Å². The molecule has 2 heterocycles. The van der Waals surface area contributed by atoms with E-state index in [-0.39, 0.29) is 18.0 Å². The molecule has 1 amide bonds. The van der Waals surface area contributed by atoms with Crippen LogP contribution < -0.4 is 5.32 Å². The van der Waals surface area contributed by atoms with Crippen molar-refractivity contribution < 1.29 is 19.5 Å². The second-order valence-electron chi connectivity index (χ2n) is 3.72. The van der Waals surface area contributed by atoms with Crippen LogP contribution in [0.4, 0.5) is 0 Å². The highest BCUT2D eigenvalue weighted by Gasteiger charge is 2.31. The lowest BCUT2D eigenvalue weighted by Gasteiger charge is -2.08. The average Bonchev–Trinajstić information content (AvgIpc) is 2.94. The lowest BCUT2D eigenvalue weighted by atomic mass is 10.1. The fraction of sp³-hybridized carbons (Fsp3) is 0.400. The van der Waals surface area contributed by atoms with E-state index in [0.29, 0.717) is 6.54 Å². The standard InChI is InChI=1S/C10H11N3O4S/c1-5-8(18-4-12-5)3-11-9(14)7-2-6(10(15)16)13-17-7/h4,7H,2-3H2,1H3,(H,11,14)(H,15,16). The van der Waals surface area contributed by atoms with Gasteiger partial charge in [0.05, 0.1) is 17.7 Å². The Morgan fingerprint density at radius 2 is 2.44 bits per heavy atom. The summed E-state index contributed by atoms with van der Waals surface area (Å²) in [5.74, 6) is -1.54. The van der Waals surface area contributed by atoms with Crippen molar-refractivity contribution in [1.82, 2.24) is 10.3 Å². The van der Waals surface area contributed by atoms with Gasteiger partial charge in [-0.05, 0) is 6.92 Å². The van der Waals surface area contributed by atoms with Crippen LogP contribution in [0, 0.1) is 6.92 Å². The number of carbonyl (C=O) groups excluding carboxylic acids is 1. The molecule has 7 nitrogen and oxygen atoms in total. The third kappa shape index (κ3) is 2.65. The highest BCUT2D eigenvalue weighted by Crippen LogP contribution is 2.13. The summed E-state index contributed by atoms with van der Waals surface area (Å²) in [6, 6.07) is 0. The molecule has 0 aromatic carbocycles. The number of hydrogen-bond acceptors (Lipinski definition) is 6. The molecular weight excluding hydrogens is 258 g/mol. The molecule has 1 atom stereocenters. The number of amides is 1. The molecule has 18 heavy (non-hydrogen) atoms. The van der Waals surface area contributed by atoms with Crippen molar-refractivity contribution in [3.05, 3.63) is 16.1 Å². The molecule has 0 spiro atoms. The van der Waals surface area contributed by atoms with Crippen molar-refractivity contribution in [1.29, 1.82) is 0 Å². The maximum Gasteiger partial charge on any atom is 0.353 e. The molecule has 0 radical (unpaired) electrons. The van der Waals surface area contributed by atoms with E-state index in [4.69, 9.17) is 9.94 Å². The van der Waals surface area contributed by atoms with Crippen LogP contribution >= 0.6 is 11.3 Å². The number of hydrogen-bond donors (Lipinski definition) is 2. The quantitative estimate of drug-likeness (QED) is 0.818. The first-order valence-corrected chi connectivity index (χ1v) is 6.08. The summed E-state index contributed by atoms with van der Waals surface area (Å²) in [4.78, 5) is 32.1. The van der Waals surface area contributed by atoms with Crippen LogP contribution in [0.25, 0.3) is 0 Å². The van der Waals surface area contributed by atoms with E-state index in [1.54, 1.807) is 5.51 Å². The number of rotatable bonds is 4. The van der Waals surface area contributed by atoms with Crippen LogP contribution in [0.2, 0.25) is 0 Å². The Labute approximate surface area is 106 Å². The van der Waals surface area contributed by atoms with Crippen LogP contribution in [-0.4, -0.2) is 33.8 Å². The fourth-order valence-corrected chi connectivity index (χ4v) is 2.14. The third-order valence-corrected chi connectivity index (χ3v) is 3.41. The van der Waals surface area contributed by atoms with E-state index < -0.39 is 12.1 Å². The monoisotopic (exact) mass is 269 g/mol. The number of carboxylic acid groups (broad SMARTS) is 1. The molecule has 2 N–H and O–H groups in total. The lowest BCUT2D eigenvalue weighted by molar-refractivity contribution is -0.131. The number of aryl methyl sites for hydroxylation is 1. The molecule has 0 fully saturated rings. The van der Waals surface area contributed by atoms with Gasteiger partial charge in [0.1, 0.15) is 0 Å². The normalized spacial score (nSPS) is 18.1. The summed E-state index contributed by atoms with van der Waals surface area (Å²) in [6.07, 6.45) is -0.868. The Morgan fingerprint density at radius 1 is 1.67 bits per heavy atom. The van der Waals surface area contributed by atoms with Gasteiger partial charge in [-0.3, -0.25) is 4.79 Å². The molecule has 1 aliphatic rings. The highest BCUT2D eigenvalue weighted by atomic mass is 32.1. The van der Waals surface area contributed by atoms with Gasteiger partial charge in [-0.25, -0.2) is 9.78 Å². The molecule has 96 valence electrons. The minimum absolute atomic E-state index is 0.0111. The van der Waals surface area contributed by atoms with E-state index in [2.05, 4.69) is 15.5 Å². The summed E-state index contributed by atoms with van der Waals surface area (Å²) in [5, 5.41) is 14.7. The second kappa shape index (κ2) is 5.13. The van der Waals surface area contributed by atoms with Gasteiger partial charge in [0, 0.05) is 11.3 Å². The van der Waals surface area contributed by atoms with Gasteiger partial charge in [-0.15, -0.1) is 11.3 Å². The Morgan fingerprint density at radius 3 is 3.00 bits per heavy atom. The maximum atomic E-state index is 11.7. The number of nitrogens with zero attached hydrogens (tertiary/aromatic N) is 2. The first-order valence-electron chi connectivity index (χ1n) is 5.20. The number of oxime groups is 1. The Hall–Kier alpha value is -1.96. The van der Waals surface area contributed by atoms with E-state index in [9.17, 15) is 9.59 Å². The van der Waals surface area contributed by atoms with Gasteiger partial charge >= 0.3 is 5.97 Å². The summed E-state index contributed by atoms with van der Waals surface area (Å²) in [7, 11) is 0. The van der Waals surface area contributed by atoms with E-state index in [0.717, 1.165) is 10.6 Å². The predicted molar refractivity (Wildman–Crippen MR) is 63.3 cm³/mol. The molecule has 0 saturated heterocycles. The molecule has 2 rings (SSSR count). The van der Waals surface area contributed by atoms with Crippen LogP contribution in [0.5, 0.6) is 0 Å². The number of nitrogens with one attached hydrogen (secondary N) is 1.